The molecule has 0 aliphatic rings. The summed E-state index contributed by atoms with van der Waals surface area (Å²) in [5.74, 6) is 0.733. The highest BCUT2D eigenvalue weighted by Crippen LogP contribution is 2.13. The third-order valence-corrected chi connectivity index (χ3v) is 3.74. The zero-order valence-corrected chi connectivity index (χ0v) is 12.9. The molecule has 0 saturated carbocycles. The third-order valence-electron chi connectivity index (χ3n) is 3.01. The van der Waals surface area contributed by atoms with E-state index in [4.69, 9.17) is 10.5 Å². The number of anilines is 1. The second-order valence-corrected chi connectivity index (χ2v) is 5.75. The number of nitrogens with two attached hydrogens (primary N) is 1. The van der Waals surface area contributed by atoms with Crippen LogP contribution in [0.25, 0.3) is 0 Å². The lowest BCUT2D eigenvalue weighted by molar-refractivity contribution is -0.122. The number of nitrogens with one attached hydrogen (secondary N) is 1. The average molecular weight is 304 g/mol. The van der Waals surface area contributed by atoms with Crippen molar-refractivity contribution in [2.45, 2.75) is 25.8 Å². The van der Waals surface area contributed by atoms with Crippen LogP contribution in [0.2, 0.25) is 0 Å². The molecule has 0 bridgehead atoms. The number of rotatable bonds is 7. The second kappa shape index (κ2) is 7.69. The number of benzene rings is 1. The molecule has 2 rings (SSSR count). The molecule has 0 saturated heterocycles. The van der Waals surface area contributed by atoms with E-state index < -0.39 is 0 Å². The smallest absolute Gasteiger partial charge is 0.223 e. The molecule has 1 aromatic heterocycles. The summed E-state index contributed by atoms with van der Waals surface area (Å²) in [4.78, 5) is 11.8. The van der Waals surface area contributed by atoms with Crippen LogP contribution in [0.3, 0.4) is 0 Å². The quantitative estimate of drug-likeness (QED) is 0.773. The van der Waals surface area contributed by atoms with Gasteiger partial charge in [-0.05, 0) is 60.0 Å². The van der Waals surface area contributed by atoms with Crippen molar-refractivity contribution in [1.82, 2.24) is 5.32 Å². The van der Waals surface area contributed by atoms with Crippen LogP contribution in [0.15, 0.2) is 41.1 Å². The number of ether oxygens (including phenoxy) is 1. The number of carbonyl (C=O) groups excluding carboxylic acids is 1. The van der Waals surface area contributed by atoms with Gasteiger partial charge in [0.05, 0.1) is 13.0 Å². The van der Waals surface area contributed by atoms with Crippen LogP contribution in [0.4, 0.5) is 5.69 Å². The maximum absolute atomic E-state index is 11.8. The predicted molar refractivity (Wildman–Crippen MR) is 86.6 cm³/mol. The van der Waals surface area contributed by atoms with Gasteiger partial charge in [-0.15, -0.1) is 0 Å². The molecule has 0 spiro atoms. The van der Waals surface area contributed by atoms with E-state index in [9.17, 15) is 4.79 Å². The molecule has 2 aromatic rings. The van der Waals surface area contributed by atoms with Crippen LogP contribution in [-0.2, 0) is 11.2 Å². The van der Waals surface area contributed by atoms with Crippen LogP contribution in [0.1, 0.15) is 18.9 Å². The third kappa shape index (κ3) is 5.47. The average Bonchev–Trinajstić information content (AvgIpc) is 2.93. The molecule has 5 heteroatoms. The molecule has 1 amide bonds. The highest BCUT2D eigenvalue weighted by molar-refractivity contribution is 7.07. The fourth-order valence-electron chi connectivity index (χ4n) is 1.99. The Morgan fingerprint density at radius 3 is 2.76 bits per heavy atom. The summed E-state index contributed by atoms with van der Waals surface area (Å²) in [6, 6.07) is 9.36. The Labute approximate surface area is 128 Å². The number of thiophene rings is 1. The van der Waals surface area contributed by atoms with Gasteiger partial charge in [0.15, 0.2) is 0 Å². The second-order valence-electron chi connectivity index (χ2n) is 4.97. The SMILES string of the molecule is CC(Cc1ccsc1)NC(=O)CCOc1ccc(N)cc1. The van der Waals surface area contributed by atoms with Crippen LogP contribution >= 0.6 is 11.3 Å². The van der Waals surface area contributed by atoms with Crippen LogP contribution in [-0.4, -0.2) is 18.6 Å². The van der Waals surface area contributed by atoms with Crippen molar-refractivity contribution < 1.29 is 9.53 Å². The Morgan fingerprint density at radius 1 is 1.33 bits per heavy atom. The van der Waals surface area contributed by atoms with Crippen molar-refractivity contribution in [3.63, 3.8) is 0 Å². The maximum Gasteiger partial charge on any atom is 0.223 e. The van der Waals surface area contributed by atoms with E-state index in [-0.39, 0.29) is 11.9 Å². The van der Waals surface area contributed by atoms with Crippen molar-refractivity contribution in [2.24, 2.45) is 0 Å². The summed E-state index contributed by atoms with van der Waals surface area (Å²) in [5, 5.41) is 7.13. The van der Waals surface area contributed by atoms with Crippen molar-refractivity contribution in [3.05, 3.63) is 46.7 Å². The maximum atomic E-state index is 11.8. The Balaban J connectivity index is 1.66. The van der Waals surface area contributed by atoms with Gasteiger partial charge < -0.3 is 15.8 Å². The first-order valence-corrected chi connectivity index (χ1v) is 7.86. The largest absolute Gasteiger partial charge is 0.493 e. The fourth-order valence-corrected chi connectivity index (χ4v) is 2.67. The topological polar surface area (TPSA) is 64.3 Å². The number of hydrogen-bond donors (Lipinski definition) is 2. The Kier molecular flexibility index (Phi) is 5.63. The minimum Gasteiger partial charge on any atom is -0.493 e. The van der Waals surface area contributed by atoms with Gasteiger partial charge >= 0.3 is 0 Å². The van der Waals surface area contributed by atoms with Crippen molar-refractivity contribution in [2.75, 3.05) is 12.3 Å². The lowest BCUT2D eigenvalue weighted by Gasteiger charge is -2.13. The van der Waals surface area contributed by atoms with E-state index in [0.29, 0.717) is 18.7 Å². The Bertz CT molecular complexity index is 552. The van der Waals surface area contributed by atoms with Gasteiger partial charge in [-0.1, -0.05) is 0 Å². The zero-order chi connectivity index (χ0) is 15.1. The highest BCUT2D eigenvalue weighted by Gasteiger charge is 2.08. The van der Waals surface area contributed by atoms with Crippen molar-refractivity contribution >= 4 is 22.9 Å². The normalized spacial score (nSPS) is 11.9. The Hall–Kier alpha value is -2.01. The molecule has 21 heavy (non-hydrogen) atoms. The molecule has 0 aliphatic heterocycles. The monoisotopic (exact) mass is 304 g/mol. The molecule has 1 atom stereocenters. The van der Waals surface area contributed by atoms with Crippen LogP contribution < -0.4 is 15.8 Å². The summed E-state index contributed by atoms with van der Waals surface area (Å²) >= 11 is 1.67. The number of nitrogen functional groups attached to an aromatic ring is 1. The molecular weight excluding hydrogens is 284 g/mol. The summed E-state index contributed by atoms with van der Waals surface area (Å²) in [6.45, 7) is 2.37. The van der Waals surface area contributed by atoms with Gasteiger partial charge in [0.25, 0.3) is 0 Å². The molecule has 1 aromatic carbocycles. The summed E-state index contributed by atoms with van der Waals surface area (Å²) in [6.07, 6.45) is 1.20. The minimum absolute atomic E-state index is 0.00757. The Morgan fingerprint density at radius 2 is 2.10 bits per heavy atom. The van der Waals surface area contributed by atoms with Crippen LogP contribution in [0.5, 0.6) is 5.75 Å². The molecule has 1 unspecified atom stereocenters. The van der Waals surface area contributed by atoms with E-state index in [2.05, 4.69) is 16.8 Å². The first-order valence-electron chi connectivity index (χ1n) is 6.92. The molecule has 0 radical (unpaired) electrons. The highest BCUT2D eigenvalue weighted by atomic mass is 32.1. The van der Waals surface area contributed by atoms with Crippen molar-refractivity contribution in [3.8, 4) is 5.75 Å². The molecular formula is C16H20N2O2S. The molecule has 0 aliphatic carbocycles. The number of carbonyl (C=O) groups is 1. The lowest BCUT2D eigenvalue weighted by atomic mass is 10.1. The fraction of sp³-hybridized carbons (Fsp3) is 0.312. The predicted octanol–water partition coefficient (Wildman–Crippen LogP) is 2.85. The van der Waals surface area contributed by atoms with E-state index in [1.807, 2.05) is 12.3 Å². The standard InChI is InChI=1S/C16H20N2O2S/c1-12(10-13-7-9-21-11-13)18-16(19)6-8-20-15-4-2-14(17)3-5-15/h2-5,7,9,11-12H,6,8,10,17H2,1H3,(H,18,19). The minimum atomic E-state index is 0.00757. The van der Waals surface area contributed by atoms with Gasteiger partial charge in [-0.2, -0.15) is 11.3 Å². The van der Waals surface area contributed by atoms with Gasteiger partial charge in [0, 0.05) is 11.7 Å². The van der Waals surface area contributed by atoms with Crippen LogP contribution in [0, 0.1) is 0 Å². The summed E-state index contributed by atoms with van der Waals surface area (Å²) < 4.78 is 5.50. The first kappa shape index (κ1) is 15.4. The van der Waals surface area contributed by atoms with Gasteiger partial charge in [0.1, 0.15) is 5.75 Å². The van der Waals surface area contributed by atoms with E-state index in [1.165, 1.54) is 5.56 Å². The number of hydrogen-bond acceptors (Lipinski definition) is 4. The lowest BCUT2D eigenvalue weighted by Crippen LogP contribution is -2.34. The number of amides is 1. The van der Waals surface area contributed by atoms with E-state index in [0.717, 1.165) is 12.2 Å². The van der Waals surface area contributed by atoms with E-state index >= 15 is 0 Å². The van der Waals surface area contributed by atoms with Crippen molar-refractivity contribution in [1.29, 1.82) is 0 Å². The van der Waals surface area contributed by atoms with Gasteiger partial charge in [-0.25, -0.2) is 0 Å². The molecule has 4 nitrogen and oxygen atoms in total. The zero-order valence-electron chi connectivity index (χ0n) is 12.0. The summed E-state index contributed by atoms with van der Waals surface area (Å²) in [5.41, 5.74) is 7.55. The first-order chi connectivity index (χ1) is 10.1. The van der Waals surface area contributed by atoms with Gasteiger partial charge in [0.2, 0.25) is 5.91 Å². The van der Waals surface area contributed by atoms with E-state index in [1.54, 1.807) is 35.6 Å². The molecule has 0 fully saturated rings. The molecule has 3 N–H and O–H groups in total. The molecule has 1 heterocycles. The summed E-state index contributed by atoms with van der Waals surface area (Å²) in [7, 11) is 0. The molecule has 112 valence electrons. The van der Waals surface area contributed by atoms with Gasteiger partial charge in [-0.3, -0.25) is 4.79 Å².